The van der Waals surface area contributed by atoms with Gasteiger partial charge in [0.2, 0.25) is 0 Å². The molecular weight excluding hydrogens is 260 g/mol. The molecule has 1 atom stereocenters. The highest BCUT2D eigenvalue weighted by molar-refractivity contribution is 5.50. The van der Waals surface area contributed by atoms with Crippen molar-refractivity contribution in [2.75, 3.05) is 25.9 Å². The number of likely N-dealkylation sites (tertiary alicyclic amines) is 1. The van der Waals surface area contributed by atoms with Gasteiger partial charge < -0.3 is 15.4 Å². The zero-order valence-corrected chi connectivity index (χ0v) is 13.6. The summed E-state index contributed by atoms with van der Waals surface area (Å²) >= 11 is 0. The second-order valence-corrected chi connectivity index (χ2v) is 6.23. The maximum atomic E-state index is 6.13. The van der Waals surface area contributed by atoms with E-state index in [-0.39, 0.29) is 0 Å². The van der Waals surface area contributed by atoms with Crippen molar-refractivity contribution in [3.05, 3.63) is 23.8 Å². The van der Waals surface area contributed by atoms with E-state index in [1.54, 1.807) is 0 Å². The summed E-state index contributed by atoms with van der Waals surface area (Å²) in [5.74, 6) is 0.963. The van der Waals surface area contributed by atoms with E-state index in [0.29, 0.717) is 6.04 Å². The molecule has 1 aromatic carbocycles. The van der Waals surface area contributed by atoms with Crippen molar-refractivity contribution in [2.24, 2.45) is 0 Å². The van der Waals surface area contributed by atoms with E-state index < -0.39 is 0 Å². The first-order chi connectivity index (χ1) is 10.2. The van der Waals surface area contributed by atoms with Gasteiger partial charge in [-0.05, 0) is 69.5 Å². The molecule has 1 unspecified atom stereocenters. The fourth-order valence-corrected chi connectivity index (χ4v) is 3.05. The maximum Gasteiger partial charge on any atom is 0.119 e. The largest absolute Gasteiger partial charge is 0.494 e. The van der Waals surface area contributed by atoms with E-state index >= 15 is 0 Å². The molecule has 0 bridgehead atoms. The number of nitrogen functional groups attached to an aromatic ring is 1. The third-order valence-corrected chi connectivity index (χ3v) is 4.55. The number of hydrogen-bond acceptors (Lipinski definition) is 3. The minimum atomic E-state index is 0.711. The lowest BCUT2D eigenvalue weighted by molar-refractivity contribution is 0.176. The zero-order chi connectivity index (χ0) is 15.1. The Morgan fingerprint density at radius 2 is 2.19 bits per heavy atom. The van der Waals surface area contributed by atoms with Crippen LogP contribution in [-0.2, 0) is 6.42 Å². The summed E-state index contributed by atoms with van der Waals surface area (Å²) in [6.45, 7) is 4.21. The molecule has 1 aliphatic rings. The van der Waals surface area contributed by atoms with Crippen molar-refractivity contribution in [3.8, 4) is 5.75 Å². The van der Waals surface area contributed by atoms with Gasteiger partial charge in [-0.1, -0.05) is 19.8 Å². The number of aryl methyl sites for hydroxylation is 1. The summed E-state index contributed by atoms with van der Waals surface area (Å²) in [5, 5.41) is 0. The Hall–Kier alpha value is -1.22. The van der Waals surface area contributed by atoms with E-state index in [4.69, 9.17) is 10.5 Å². The molecule has 1 fully saturated rings. The SMILES string of the molecule is CCCCOc1ccc(N)c(CCC2CCCCN2C)c1. The number of rotatable bonds is 7. The van der Waals surface area contributed by atoms with Crippen LogP contribution in [0.4, 0.5) is 5.69 Å². The van der Waals surface area contributed by atoms with E-state index in [1.165, 1.54) is 37.8 Å². The van der Waals surface area contributed by atoms with E-state index in [2.05, 4.69) is 24.9 Å². The van der Waals surface area contributed by atoms with Crippen LogP contribution in [0.1, 0.15) is 51.0 Å². The predicted octanol–water partition coefficient (Wildman–Crippen LogP) is 3.86. The number of unbranched alkanes of at least 4 members (excludes halogenated alkanes) is 1. The number of nitrogens with two attached hydrogens (primary N) is 1. The molecule has 2 rings (SSSR count). The summed E-state index contributed by atoms with van der Waals surface area (Å²) in [5.41, 5.74) is 8.26. The third-order valence-electron chi connectivity index (χ3n) is 4.55. The van der Waals surface area contributed by atoms with Crippen LogP contribution in [-0.4, -0.2) is 31.1 Å². The number of hydrogen-bond donors (Lipinski definition) is 1. The minimum absolute atomic E-state index is 0.711. The Morgan fingerprint density at radius 3 is 2.95 bits per heavy atom. The van der Waals surface area contributed by atoms with Gasteiger partial charge in [0.25, 0.3) is 0 Å². The highest BCUT2D eigenvalue weighted by Gasteiger charge is 2.18. The molecule has 0 aromatic heterocycles. The molecule has 118 valence electrons. The first-order valence-corrected chi connectivity index (χ1v) is 8.42. The van der Waals surface area contributed by atoms with Crippen LogP contribution in [0.25, 0.3) is 0 Å². The van der Waals surface area contributed by atoms with Crippen LogP contribution in [0.3, 0.4) is 0 Å². The van der Waals surface area contributed by atoms with Gasteiger partial charge in [-0.3, -0.25) is 0 Å². The number of benzene rings is 1. The average molecular weight is 290 g/mol. The monoisotopic (exact) mass is 290 g/mol. The van der Waals surface area contributed by atoms with Gasteiger partial charge in [-0.25, -0.2) is 0 Å². The molecule has 1 aliphatic heterocycles. The Morgan fingerprint density at radius 1 is 1.33 bits per heavy atom. The van der Waals surface area contributed by atoms with Gasteiger partial charge in [-0.2, -0.15) is 0 Å². The molecule has 3 heteroatoms. The Labute approximate surface area is 129 Å². The van der Waals surface area contributed by atoms with Crippen LogP contribution < -0.4 is 10.5 Å². The zero-order valence-electron chi connectivity index (χ0n) is 13.6. The Bertz CT molecular complexity index is 433. The van der Waals surface area contributed by atoms with Gasteiger partial charge in [0, 0.05) is 11.7 Å². The van der Waals surface area contributed by atoms with Crippen molar-refractivity contribution < 1.29 is 4.74 Å². The summed E-state index contributed by atoms with van der Waals surface area (Å²) in [6, 6.07) is 6.82. The second-order valence-electron chi connectivity index (χ2n) is 6.23. The summed E-state index contributed by atoms with van der Waals surface area (Å²) in [4.78, 5) is 2.50. The minimum Gasteiger partial charge on any atom is -0.494 e. The fourth-order valence-electron chi connectivity index (χ4n) is 3.05. The molecule has 0 amide bonds. The number of nitrogens with zero attached hydrogens (tertiary/aromatic N) is 1. The van der Waals surface area contributed by atoms with E-state index in [9.17, 15) is 0 Å². The number of piperidine rings is 1. The summed E-state index contributed by atoms with van der Waals surface area (Å²) < 4.78 is 5.79. The van der Waals surface area contributed by atoms with Crippen LogP contribution in [0.2, 0.25) is 0 Å². The average Bonchev–Trinajstić information content (AvgIpc) is 2.49. The molecule has 0 spiro atoms. The van der Waals surface area contributed by atoms with E-state index in [1.807, 2.05) is 12.1 Å². The van der Waals surface area contributed by atoms with Crippen LogP contribution in [0.15, 0.2) is 18.2 Å². The first kappa shape index (κ1) is 16.2. The van der Waals surface area contributed by atoms with Gasteiger partial charge in [0.1, 0.15) is 5.75 Å². The van der Waals surface area contributed by atoms with Crippen molar-refractivity contribution >= 4 is 5.69 Å². The molecule has 0 radical (unpaired) electrons. The molecule has 1 aromatic rings. The van der Waals surface area contributed by atoms with Crippen LogP contribution in [0, 0.1) is 0 Å². The molecule has 21 heavy (non-hydrogen) atoms. The molecule has 0 saturated carbocycles. The Balaban J connectivity index is 1.90. The van der Waals surface area contributed by atoms with Crippen molar-refractivity contribution in [1.29, 1.82) is 0 Å². The molecular formula is C18H30N2O. The Kier molecular flexibility index (Phi) is 6.37. The second kappa shape index (κ2) is 8.28. The smallest absolute Gasteiger partial charge is 0.119 e. The number of ether oxygens (including phenoxy) is 1. The highest BCUT2D eigenvalue weighted by Crippen LogP contribution is 2.24. The maximum absolute atomic E-state index is 6.13. The molecule has 0 aliphatic carbocycles. The quantitative estimate of drug-likeness (QED) is 0.612. The van der Waals surface area contributed by atoms with Gasteiger partial charge >= 0.3 is 0 Å². The van der Waals surface area contributed by atoms with Crippen molar-refractivity contribution in [1.82, 2.24) is 4.90 Å². The predicted molar refractivity (Wildman–Crippen MR) is 89.8 cm³/mol. The molecule has 3 nitrogen and oxygen atoms in total. The lowest BCUT2D eigenvalue weighted by atomic mass is 9.96. The van der Waals surface area contributed by atoms with Gasteiger partial charge in [-0.15, -0.1) is 0 Å². The summed E-state index contributed by atoms with van der Waals surface area (Å²) in [7, 11) is 2.25. The van der Waals surface area contributed by atoms with Crippen LogP contribution >= 0.6 is 0 Å². The molecule has 1 heterocycles. The van der Waals surface area contributed by atoms with Crippen molar-refractivity contribution in [2.45, 2.75) is 57.9 Å². The van der Waals surface area contributed by atoms with Crippen molar-refractivity contribution in [3.63, 3.8) is 0 Å². The van der Waals surface area contributed by atoms with Gasteiger partial charge in [0.15, 0.2) is 0 Å². The normalized spacial score (nSPS) is 19.6. The van der Waals surface area contributed by atoms with E-state index in [0.717, 1.165) is 37.3 Å². The van der Waals surface area contributed by atoms with Gasteiger partial charge in [0.05, 0.1) is 6.61 Å². The molecule has 2 N–H and O–H groups in total. The third kappa shape index (κ3) is 4.92. The first-order valence-electron chi connectivity index (χ1n) is 8.42. The lowest BCUT2D eigenvalue weighted by Gasteiger charge is -2.32. The topological polar surface area (TPSA) is 38.5 Å². The summed E-state index contributed by atoms with van der Waals surface area (Å²) in [6.07, 6.45) is 8.54. The fraction of sp³-hybridized carbons (Fsp3) is 0.667. The molecule has 1 saturated heterocycles. The highest BCUT2D eigenvalue weighted by atomic mass is 16.5. The number of anilines is 1. The standard InChI is InChI=1S/C18H30N2O/c1-3-4-13-21-17-10-11-18(19)15(14-17)8-9-16-7-5-6-12-20(16)2/h10-11,14,16H,3-9,12-13,19H2,1-2H3. The van der Waals surface area contributed by atoms with Crippen LogP contribution in [0.5, 0.6) is 5.75 Å². The lowest BCUT2D eigenvalue weighted by Crippen LogP contribution is -2.36.